The molecule has 0 aliphatic carbocycles. The fourth-order valence-electron chi connectivity index (χ4n) is 2.36. The molecule has 1 heterocycles. The van der Waals surface area contributed by atoms with Gasteiger partial charge in [0.25, 0.3) is 0 Å². The molecule has 0 bridgehead atoms. The molecule has 0 unspecified atom stereocenters. The molecule has 1 rings (SSSR count). The maximum Gasteiger partial charge on any atom is 0.410 e. The van der Waals surface area contributed by atoms with E-state index in [9.17, 15) is 14.4 Å². The van der Waals surface area contributed by atoms with Crippen molar-refractivity contribution in [3.63, 3.8) is 0 Å². The van der Waals surface area contributed by atoms with Crippen LogP contribution in [0.5, 0.6) is 0 Å². The van der Waals surface area contributed by atoms with Crippen molar-refractivity contribution < 1.29 is 33.3 Å². The Kier molecular flexibility index (Phi) is 7.86. The summed E-state index contributed by atoms with van der Waals surface area (Å²) >= 11 is 0. The van der Waals surface area contributed by atoms with E-state index in [4.69, 9.17) is 18.9 Å². The summed E-state index contributed by atoms with van der Waals surface area (Å²) < 4.78 is 21.1. The van der Waals surface area contributed by atoms with E-state index in [-0.39, 0.29) is 32.8 Å². The van der Waals surface area contributed by atoms with Crippen molar-refractivity contribution >= 4 is 18.2 Å². The van der Waals surface area contributed by atoms with Gasteiger partial charge < -0.3 is 29.2 Å². The second-order valence-electron chi connectivity index (χ2n) is 8.64. The average molecular weight is 400 g/mol. The average Bonchev–Trinajstić information content (AvgIpc) is 2.47. The Bertz CT molecular complexity index is 579. The molecule has 160 valence electrons. The van der Waals surface area contributed by atoms with Crippen LogP contribution in [0.4, 0.5) is 9.59 Å². The first-order valence-corrected chi connectivity index (χ1v) is 9.10. The topological polar surface area (TPSA) is 103 Å². The molecule has 0 radical (unpaired) electrons. The standard InChI is InChI=1S/C19H32N2O7/c1-8-9-25-15(23)20-11-19(26-10-14(22)27-17(2,3)4)12-21(13-19)16(24)28-18(5,6)7/h8H,1,9-13H2,2-7H3,(H,20,23). The van der Waals surface area contributed by atoms with E-state index >= 15 is 0 Å². The highest BCUT2D eigenvalue weighted by molar-refractivity contribution is 5.72. The van der Waals surface area contributed by atoms with Crippen molar-refractivity contribution in [3.05, 3.63) is 12.7 Å². The van der Waals surface area contributed by atoms with Crippen LogP contribution >= 0.6 is 0 Å². The molecule has 1 N–H and O–H groups in total. The van der Waals surface area contributed by atoms with Gasteiger partial charge in [0.05, 0.1) is 19.6 Å². The molecule has 1 aliphatic rings. The van der Waals surface area contributed by atoms with Gasteiger partial charge in [-0.2, -0.15) is 0 Å². The summed E-state index contributed by atoms with van der Waals surface area (Å²) in [7, 11) is 0. The highest BCUT2D eigenvalue weighted by atomic mass is 16.6. The summed E-state index contributed by atoms with van der Waals surface area (Å²) in [6.45, 7) is 14.2. The highest BCUT2D eigenvalue weighted by Crippen LogP contribution is 2.27. The third kappa shape index (κ3) is 8.60. The number of esters is 1. The summed E-state index contributed by atoms with van der Waals surface area (Å²) in [6.07, 6.45) is 0.316. The lowest BCUT2D eigenvalue weighted by molar-refractivity contribution is -0.178. The van der Waals surface area contributed by atoms with Gasteiger partial charge in [0.1, 0.15) is 30.0 Å². The number of carbonyl (C=O) groups excluding carboxylic acids is 3. The molecule has 1 aliphatic heterocycles. The maximum absolute atomic E-state index is 12.2. The molecular formula is C19H32N2O7. The first-order chi connectivity index (χ1) is 12.8. The second kappa shape index (κ2) is 9.27. The molecule has 0 aromatic carbocycles. The lowest BCUT2D eigenvalue weighted by atomic mass is 9.94. The number of hydrogen-bond donors (Lipinski definition) is 1. The zero-order chi connectivity index (χ0) is 21.6. The molecule has 0 spiro atoms. The Balaban J connectivity index is 2.66. The zero-order valence-corrected chi connectivity index (χ0v) is 17.6. The predicted octanol–water partition coefficient (Wildman–Crippen LogP) is 2.25. The smallest absolute Gasteiger partial charge is 0.410 e. The number of rotatable bonds is 7. The molecule has 0 saturated carbocycles. The molecule has 1 fully saturated rings. The molecule has 0 aromatic heterocycles. The maximum atomic E-state index is 12.2. The third-order valence-corrected chi connectivity index (χ3v) is 3.41. The Labute approximate surface area is 166 Å². The SMILES string of the molecule is C=CCOC(=O)NCC1(OCC(=O)OC(C)(C)C)CN(C(=O)OC(C)(C)C)C1. The lowest BCUT2D eigenvalue weighted by Crippen LogP contribution is -2.69. The quantitative estimate of drug-likeness (QED) is 0.397. The number of alkyl carbamates (subject to hydrolysis) is 1. The van der Waals surface area contributed by atoms with Crippen LogP contribution in [0.1, 0.15) is 41.5 Å². The van der Waals surface area contributed by atoms with Gasteiger partial charge in [0.2, 0.25) is 0 Å². The number of amides is 2. The third-order valence-electron chi connectivity index (χ3n) is 3.41. The molecule has 9 nitrogen and oxygen atoms in total. The number of likely N-dealkylation sites (tertiary alicyclic amines) is 1. The fraction of sp³-hybridized carbons (Fsp3) is 0.737. The Morgan fingerprint density at radius 1 is 1.07 bits per heavy atom. The van der Waals surface area contributed by atoms with Crippen molar-refractivity contribution in [1.29, 1.82) is 0 Å². The van der Waals surface area contributed by atoms with Crippen molar-refractivity contribution in [1.82, 2.24) is 10.2 Å². The van der Waals surface area contributed by atoms with Gasteiger partial charge in [-0.15, -0.1) is 0 Å². The van der Waals surface area contributed by atoms with Gasteiger partial charge in [-0.05, 0) is 41.5 Å². The van der Waals surface area contributed by atoms with Crippen LogP contribution in [0.15, 0.2) is 12.7 Å². The van der Waals surface area contributed by atoms with Crippen LogP contribution in [-0.4, -0.2) is 72.7 Å². The minimum atomic E-state index is -0.930. The van der Waals surface area contributed by atoms with Crippen molar-refractivity contribution in [2.24, 2.45) is 0 Å². The number of carbonyl (C=O) groups is 3. The van der Waals surface area contributed by atoms with E-state index in [1.54, 1.807) is 41.5 Å². The molecule has 0 aromatic rings. The van der Waals surface area contributed by atoms with Gasteiger partial charge in [-0.3, -0.25) is 0 Å². The molecule has 9 heteroatoms. The first kappa shape index (κ1) is 23.7. The summed E-state index contributed by atoms with van der Waals surface area (Å²) in [6, 6.07) is 0. The van der Waals surface area contributed by atoms with Crippen molar-refractivity contribution in [3.8, 4) is 0 Å². The van der Waals surface area contributed by atoms with E-state index in [0.29, 0.717) is 0 Å². The molecule has 0 atom stereocenters. The zero-order valence-electron chi connectivity index (χ0n) is 17.6. The Morgan fingerprint density at radius 2 is 1.64 bits per heavy atom. The van der Waals surface area contributed by atoms with E-state index in [0.717, 1.165) is 0 Å². The fourth-order valence-corrected chi connectivity index (χ4v) is 2.36. The number of hydrogen-bond acceptors (Lipinski definition) is 7. The van der Waals surface area contributed by atoms with Crippen LogP contribution in [0.25, 0.3) is 0 Å². The van der Waals surface area contributed by atoms with Crippen LogP contribution in [-0.2, 0) is 23.7 Å². The molecular weight excluding hydrogens is 368 g/mol. The van der Waals surface area contributed by atoms with Gasteiger partial charge in [0, 0.05) is 0 Å². The van der Waals surface area contributed by atoms with Crippen molar-refractivity contribution in [2.75, 3.05) is 32.8 Å². The Morgan fingerprint density at radius 3 is 2.14 bits per heavy atom. The van der Waals surface area contributed by atoms with Crippen LogP contribution in [0.2, 0.25) is 0 Å². The summed E-state index contributed by atoms with van der Waals surface area (Å²) in [5.41, 5.74) is -2.19. The number of ether oxygens (including phenoxy) is 4. The van der Waals surface area contributed by atoms with Gasteiger partial charge in [0.15, 0.2) is 0 Å². The van der Waals surface area contributed by atoms with Crippen molar-refractivity contribution in [2.45, 2.75) is 58.3 Å². The van der Waals surface area contributed by atoms with E-state index in [2.05, 4.69) is 11.9 Å². The lowest BCUT2D eigenvalue weighted by Gasteiger charge is -2.49. The van der Waals surface area contributed by atoms with Gasteiger partial charge in [-0.1, -0.05) is 12.7 Å². The monoisotopic (exact) mass is 400 g/mol. The predicted molar refractivity (Wildman–Crippen MR) is 102 cm³/mol. The van der Waals surface area contributed by atoms with E-state index < -0.39 is 35.0 Å². The summed E-state index contributed by atoms with van der Waals surface area (Å²) in [5, 5.41) is 2.58. The van der Waals surface area contributed by atoms with Gasteiger partial charge >= 0.3 is 18.2 Å². The molecule has 2 amide bonds. The number of nitrogens with zero attached hydrogens (tertiary/aromatic N) is 1. The highest BCUT2D eigenvalue weighted by Gasteiger charge is 2.48. The minimum absolute atomic E-state index is 0.0606. The largest absolute Gasteiger partial charge is 0.458 e. The summed E-state index contributed by atoms with van der Waals surface area (Å²) in [5.74, 6) is -0.531. The minimum Gasteiger partial charge on any atom is -0.458 e. The van der Waals surface area contributed by atoms with E-state index in [1.165, 1.54) is 11.0 Å². The van der Waals surface area contributed by atoms with E-state index in [1.807, 2.05) is 0 Å². The first-order valence-electron chi connectivity index (χ1n) is 9.10. The number of nitrogens with one attached hydrogen (secondary N) is 1. The van der Waals surface area contributed by atoms with Crippen LogP contribution < -0.4 is 5.32 Å². The second-order valence-corrected chi connectivity index (χ2v) is 8.64. The molecule has 1 saturated heterocycles. The molecule has 28 heavy (non-hydrogen) atoms. The Hall–Kier alpha value is -2.29. The van der Waals surface area contributed by atoms with Gasteiger partial charge in [-0.25, -0.2) is 14.4 Å². The van der Waals surface area contributed by atoms with Crippen LogP contribution in [0, 0.1) is 0 Å². The normalized spacial score (nSPS) is 15.9. The summed E-state index contributed by atoms with van der Waals surface area (Å²) in [4.78, 5) is 37.2. The van der Waals surface area contributed by atoms with Crippen LogP contribution in [0.3, 0.4) is 0 Å².